The lowest BCUT2D eigenvalue weighted by Crippen LogP contribution is -2.40. The molecule has 0 aromatic rings. The minimum atomic E-state index is -4.43. The predicted octanol–water partition coefficient (Wildman–Crippen LogP) is 0.935. The van der Waals surface area contributed by atoms with Crippen LogP contribution in [-0.2, 0) is 14.3 Å². The van der Waals surface area contributed by atoms with E-state index in [-0.39, 0.29) is 12.8 Å². The number of rotatable bonds is 7. The molecule has 0 heterocycles. The number of alkyl halides is 3. The highest BCUT2D eigenvalue weighted by atomic mass is 19.4. The van der Waals surface area contributed by atoms with Crippen molar-refractivity contribution in [1.29, 1.82) is 0 Å². The Labute approximate surface area is 95.9 Å². The van der Waals surface area contributed by atoms with Crippen LogP contribution < -0.4 is 5.32 Å². The van der Waals surface area contributed by atoms with Crippen molar-refractivity contribution in [2.24, 2.45) is 0 Å². The Morgan fingerprint density at radius 3 is 2.41 bits per heavy atom. The van der Waals surface area contributed by atoms with Crippen molar-refractivity contribution in [2.45, 2.75) is 32.0 Å². The van der Waals surface area contributed by atoms with E-state index in [0.717, 1.165) is 0 Å². The third kappa shape index (κ3) is 8.49. The summed E-state index contributed by atoms with van der Waals surface area (Å²) in [6.45, 7) is -0.253. The van der Waals surface area contributed by atoms with Crippen molar-refractivity contribution < 1.29 is 32.6 Å². The smallest absolute Gasteiger partial charge is 0.411 e. The summed E-state index contributed by atoms with van der Waals surface area (Å²) in [5.74, 6) is -1.83. The average molecular weight is 257 g/mol. The van der Waals surface area contributed by atoms with Crippen LogP contribution in [-0.4, -0.2) is 42.4 Å². The van der Waals surface area contributed by atoms with E-state index in [1.165, 1.54) is 0 Å². The molecule has 0 aliphatic rings. The van der Waals surface area contributed by atoms with Gasteiger partial charge in [-0.1, -0.05) is 6.92 Å². The van der Waals surface area contributed by atoms with Crippen molar-refractivity contribution in [3.63, 3.8) is 0 Å². The fourth-order valence-corrected chi connectivity index (χ4v) is 0.958. The highest BCUT2D eigenvalue weighted by molar-refractivity contribution is 5.83. The van der Waals surface area contributed by atoms with Gasteiger partial charge in [-0.25, -0.2) is 4.79 Å². The number of aliphatic carboxylic acids is 1. The van der Waals surface area contributed by atoms with E-state index in [9.17, 15) is 22.8 Å². The quantitative estimate of drug-likeness (QED) is 0.665. The number of hydrogen-bond donors (Lipinski definition) is 2. The molecule has 0 saturated carbocycles. The van der Waals surface area contributed by atoms with E-state index >= 15 is 0 Å². The molecule has 2 N–H and O–H groups in total. The van der Waals surface area contributed by atoms with Crippen LogP contribution in [0.2, 0.25) is 0 Å². The van der Waals surface area contributed by atoms with E-state index < -0.39 is 37.3 Å². The molecule has 1 unspecified atom stereocenters. The van der Waals surface area contributed by atoms with Crippen LogP contribution in [0.3, 0.4) is 0 Å². The van der Waals surface area contributed by atoms with Gasteiger partial charge in [0.25, 0.3) is 0 Å². The van der Waals surface area contributed by atoms with Gasteiger partial charge < -0.3 is 15.2 Å². The van der Waals surface area contributed by atoms with Crippen LogP contribution in [0.1, 0.15) is 19.8 Å². The standard InChI is InChI=1S/C9H14F3NO4/c1-2-6(8(15)16)13-7(14)3-4-17-5-9(10,11)12/h6H,2-5H2,1H3,(H,13,14)(H,15,16). The van der Waals surface area contributed by atoms with Gasteiger partial charge in [-0.3, -0.25) is 4.79 Å². The molecule has 0 aliphatic carbocycles. The Morgan fingerprint density at radius 2 is 2.00 bits per heavy atom. The molecule has 0 bridgehead atoms. The van der Waals surface area contributed by atoms with Gasteiger partial charge in [0.05, 0.1) is 6.61 Å². The number of ether oxygens (including phenoxy) is 1. The Kier molecular flexibility index (Phi) is 6.55. The molecule has 17 heavy (non-hydrogen) atoms. The summed E-state index contributed by atoms with van der Waals surface area (Å²) >= 11 is 0. The second-order valence-electron chi connectivity index (χ2n) is 3.28. The highest BCUT2D eigenvalue weighted by Gasteiger charge is 2.27. The second-order valence-corrected chi connectivity index (χ2v) is 3.28. The maximum Gasteiger partial charge on any atom is 0.411 e. The predicted molar refractivity (Wildman–Crippen MR) is 51.3 cm³/mol. The van der Waals surface area contributed by atoms with E-state index in [4.69, 9.17) is 5.11 Å². The minimum absolute atomic E-state index is 0.199. The van der Waals surface area contributed by atoms with Crippen LogP contribution >= 0.6 is 0 Å². The van der Waals surface area contributed by atoms with Gasteiger partial charge >= 0.3 is 12.1 Å². The van der Waals surface area contributed by atoms with E-state index in [2.05, 4.69) is 10.1 Å². The lowest BCUT2D eigenvalue weighted by atomic mass is 10.2. The van der Waals surface area contributed by atoms with Gasteiger partial charge in [-0.05, 0) is 6.42 Å². The molecule has 1 atom stereocenters. The van der Waals surface area contributed by atoms with Crippen LogP contribution in [0.25, 0.3) is 0 Å². The third-order valence-electron chi connectivity index (χ3n) is 1.78. The molecule has 0 fully saturated rings. The summed E-state index contributed by atoms with van der Waals surface area (Å²) in [6.07, 6.45) is -4.53. The van der Waals surface area contributed by atoms with Gasteiger partial charge in [-0.15, -0.1) is 0 Å². The molecule has 0 saturated heterocycles. The molecule has 0 aromatic heterocycles. The van der Waals surface area contributed by atoms with Crippen LogP contribution in [0.15, 0.2) is 0 Å². The Balaban J connectivity index is 3.77. The normalized spacial score (nSPS) is 13.2. The molecule has 0 aliphatic heterocycles. The van der Waals surface area contributed by atoms with Gasteiger partial charge in [0.2, 0.25) is 5.91 Å². The molecule has 100 valence electrons. The molecule has 1 amide bonds. The Morgan fingerprint density at radius 1 is 1.41 bits per heavy atom. The first-order valence-electron chi connectivity index (χ1n) is 4.93. The van der Waals surface area contributed by atoms with Gasteiger partial charge in [0.15, 0.2) is 0 Å². The SMILES string of the molecule is CCC(NC(=O)CCOCC(F)(F)F)C(=O)O. The van der Waals surface area contributed by atoms with E-state index in [0.29, 0.717) is 0 Å². The summed E-state index contributed by atoms with van der Waals surface area (Å²) in [7, 11) is 0. The Bertz CT molecular complexity index is 267. The van der Waals surface area contributed by atoms with Crippen LogP contribution in [0, 0.1) is 0 Å². The lowest BCUT2D eigenvalue weighted by Gasteiger charge is -2.12. The number of nitrogens with one attached hydrogen (secondary N) is 1. The summed E-state index contributed by atoms with van der Waals surface area (Å²) in [6, 6.07) is -1.02. The molecular formula is C9H14F3NO4. The Hall–Kier alpha value is -1.31. The molecule has 0 rings (SSSR count). The second kappa shape index (κ2) is 7.10. The maximum atomic E-state index is 11.6. The molecule has 0 aromatic carbocycles. The number of carboxylic acids is 1. The zero-order chi connectivity index (χ0) is 13.5. The van der Waals surface area contributed by atoms with Gasteiger partial charge in [0.1, 0.15) is 12.6 Å². The first-order chi connectivity index (χ1) is 7.76. The molecule has 0 spiro atoms. The van der Waals surface area contributed by atoms with Crippen molar-refractivity contribution >= 4 is 11.9 Å². The van der Waals surface area contributed by atoms with Crippen molar-refractivity contribution in [2.75, 3.05) is 13.2 Å². The molecule has 8 heteroatoms. The fraction of sp³-hybridized carbons (Fsp3) is 0.778. The van der Waals surface area contributed by atoms with E-state index in [1.807, 2.05) is 0 Å². The monoisotopic (exact) mass is 257 g/mol. The number of carbonyl (C=O) groups excluding carboxylic acids is 1. The number of amides is 1. The zero-order valence-corrected chi connectivity index (χ0v) is 9.21. The molecular weight excluding hydrogens is 243 g/mol. The molecule has 5 nitrogen and oxygen atoms in total. The number of carboxylic acid groups (broad SMARTS) is 1. The number of carbonyl (C=O) groups is 2. The lowest BCUT2D eigenvalue weighted by molar-refractivity contribution is -0.174. The zero-order valence-electron chi connectivity index (χ0n) is 9.21. The first kappa shape index (κ1) is 15.7. The number of halogens is 3. The minimum Gasteiger partial charge on any atom is -0.480 e. The summed E-state index contributed by atoms with van der Waals surface area (Å²) in [5.41, 5.74) is 0. The van der Waals surface area contributed by atoms with Gasteiger partial charge in [-0.2, -0.15) is 13.2 Å². The average Bonchev–Trinajstić information content (AvgIpc) is 2.19. The maximum absolute atomic E-state index is 11.6. The largest absolute Gasteiger partial charge is 0.480 e. The first-order valence-corrected chi connectivity index (χ1v) is 4.93. The third-order valence-corrected chi connectivity index (χ3v) is 1.78. The summed E-state index contributed by atoms with van der Waals surface area (Å²) in [5, 5.41) is 10.8. The van der Waals surface area contributed by atoms with Crippen LogP contribution in [0.4, 0.5) is 13.2 Å². The van der Waals surface area contributed by atoms with Crippen molar-refractivity contribution in [1.82, 2.24) is 5.32 Å². The van der Waals surface area contributed by atoms with Crippen molar-refractivity contribution in [3.05, 3.63) is 0 Å². The highest BCUT2D eigenvalue weighted by Crippen LogP contribution is 2.14. The number of hydrogen-bond acceptors (Lipinski definition) is 3. The van der Waals surface area contributed by atoms with E-state index in [1.54, 1.807) is 6.92 Å². The van der Waals surface area contributed by atoms with Gasteiger partial charge in [0, 0.05) is 6.42 Å². The topological polar surface area (TPSA) is 75.6 Å². The van der Waals surface area contributed by atoms with Crippen molar-refractivity contribution in [3.8, 4) is 0 Å². The summed E-state index contributed by atoms with van der Waals surface area (Å²) < 4.78 is 39.2. The fourth-order valence-electron chi connectivity index (χ4n) is 0.958. The van der Waals surface area contributed by atoms with Crippen LogP contribution in [0.5, 0.6) is 0 Å². The molecule has 0 radical (unpaired) electrons. The summed E-state index contributed by atoms with van der Waals surface area (Å²) in [4.78, 5) is 21.6.